The Kier molecular flexibility index (Phi) is 5.27. The van der Waals surface area contributed by atoms with E-state index in [0.717, 1.165) is 17.0 Å². The summed E-state index contributed by atoms with van der Waals surface area (Å²) >= 11 is 0. The Morgan fingerprint density at radius 2 is 2.09 bits per heavy atom. The van der Waals surface area contributed by atoms with Gasteiger partial charge in [-0.3, -0.25) is 4.79 Å². The second-order valence-electron chi connectivity index (χ2n) is 5.32. The van der Waals surface area contributed by atoms with Crippen LogP contribution in [-0.4, -0.2) is 29.6 Å². The SMILES string of the molecule is Cc1noc(C)c1CN(C)CCC(=O)Nc1ccccc1F. The number of hydrogen-bond donors (Lipinski definition) is 1. The zero-order valence-corrected chi connectivity index (χ0v) is 13.0. The molecule has 0 aliphatic carbocycles. The van der Waals surface area contributed by atoms with E-state index in [2.05, 4.69) is 10.5 Å². The van der Waals surface area contributed by atoms with Crippen LogP contribution in [0.5, 0.6) is 0 Å². The van der Waals surface area contributed by atoms with Crippen LogP contribution in [-0.2, 0) is 11.3 Å². The molecule has 2 rings (SSSR count). The number of carbonyl (C=O) groups excluding carboxylic acids is 1. The lowest BCUT2D eigenvalue weighted by molar-refractivity contribution is -0.116. The van der Waals surface area contributed by atoms with Crippen LogP contribution in [0.1, 0.15) is 23.4 Å². The molecular weight excluding hydrogens is 285 g/mol. The maximum absolute atomic E-state index is 13.4. The van der Waals surface area contributed by atoms with Crippen molar-refractivity contribution in [2.24, 2.45) is 0 Å². The molecule has 22 heavy (non-hydrogen) atoms. The average Bonchev–Trinajstić information content (AvgIpc) is 2.79. The number of para-hydroxylation sites is 1. The third-order valence-corrected chi connectivity index (χ3v) is 3.48. The first-order chi connectivity index (χ1) is 10.5. The van der Waals surface area contributed by atoms with E-state index < -0.39 is 5.82 Å². The van der Waals surface area contributed by atoms with Crippen LogP contribution in [0.2, 0.25) is 0 Å². The van der Waals surface area contributed by atoms with Gasteiger partial charge in [0.05, 0.1) is 11.4 Å². The summed E-state index contributed by atoms with van der Waals surface area (Å²) in [6.45, 7) is 4.98. The van der Waals surface area contributed by atoms with Gasteiger partial charge in [-0.15, -0.1) is 0 Å². The molecule has 1 heterocycles. The van der Waals surface area contributed by atoms with Gasteiger partial charge in [-0.25, -0.2) is 4.39 Å². The maximum Gasteiger partial charge on any atom is 0.225 e. The topological polar surface area (TPSA) is 58.4 Å². The van der Waals surface area contributed by atoms with Crippen molar-refractivity contribution in [2.45, 2.75) is 26.8 Å². The highest BCUT2D eigenvalue weighted by Crippen LogP contribution is 2.15. The highest BCUT2D eigenvalue weighted by atomic mass is 19.1. The molecule has 0 unspecified atom stereocenters. The van der Waals surface area contributed by atoms with Crippen LogP contribution in [0.3, 0.4) is 0 Å². The second-order valence-corrected chi connectivity index (χ2v) is 5.32. The van der Waals surface area contributed by atoms with Crippen LogP contribution in [0, 0.1) is 19.7 Å². The molecule has 0 atom stereocenters. The van der Waals surface area contributed by atoms with Crippen molar-refractivity contribution in [3.8, 4) is 0 Å². The fourth-order valence-electron chi connectivity index (χ4n) is 2.14. The summed E-state index contributed by atoms with van der Waals surface area (Å²) in [5.41, 5.74) is 2.11. The van der Waals surface area contributed by atoms with E-state index in [1.807, 2.05) is 25.8 Å². The van der Waals surface area contributed by atoms with Crippen LogP contribution in [0.15, 0.2) is 28.8 Å². The van der Waals surface area contributed by atoms with E-state index >= 15 is 0 Å². The number of halogens is 1. The summed E-state index contributed by atoms with van der Waals surface area (Å²) in [5.74, 6) is 0.149. The Labute approximate surface area is 129 Å². The predicted octanol–water partition coefficient (Wildman–Crippen LogP) is 2.89. The number of nitrogens with one attached hydrogen (secondary N) is 1. The minimum absolute atomic E-state index is 0.209. The minimum Gasteiger partial charge on any atom is -0.361 e. The maximum atomic E-state index is 13.4. The predicted molar refractivity (Wildman–Crippen MR) is 82.0 cm³/mol. The smallest absolute Gasteiger partial charge is 0.225 e. The molecule has 6 heteroatoms. The van der Waals surface area contributed by atoms with E-state index in [9.17, 15) is 9.18 Å². The van der Waals surface area contributed by atoms with Gasteiger partial charge < -0.3 is 14.7 Å². The van der Waals surface area contributed by atoms with Crippen molar-refractivity contribution in [3.63, 3.8) is 0 Å². The van der Waals surface area contributed by atoms with Crippen LogP contribution in [0.25, 0.3) is 0 Å². The molecule has 1 aromatic carbocycles. The number of rotatable bonds is 6. The number of benzene rings is 1. The molecule has 1 N–H and O–H groups in total. The average molecular weight is 305 g/mol. The summed E-state index contributed by atoms with van der Waals surface area (Å²) < 4.78 is 18.6. The largest absolute Gasteiger partial charge is 0.361 e. The number of anilines is 1. The molecule has 5 nitrogen and oxygen atoms in total. The zero-order chi connectivity index (χ0) is 16.1. The molecule has 1 amide bonds. The van der Waals surface area contributed by atoms with Gasteiger partial charge in [0.2, 0.25) is 5.91 Å². The molecule has 0 bridgehead atoms. The lowest BCUT2D eigenvalue weighted by Gasteiger charge is -2.16. The first-order valence-electron chi connectivity index (χ1n) is 7.12. The number of aromatic nitrogens is 1. The Bertz CT molecular complexity index is 635. The number of hydrogen-bond acceptors (Lipinski definition) is 4. The van der Waals surface area contributed by atoms with Gasteiger partial charge in [0, 0.05) is 25.1 Å². The molecule has 0 aliphatic rings. The van der Waals surface area contributed by atoms with Gasteiger partial charge in [0.1, 0.15) is 11.6 Å². The summed E-state index contributed by atoms with van der Waals surface area (Å²) in [4.78, 5) is 13.9. The van der Waals surface area contributed by atoms with E-state index in [1.54, 1.807) is 18.2 Å². The second kappa shape index (κ2) is 7.17. The minimum atomic E-state index is -0.431. The number of aryl methyl sites for hydroxylation is 2. The summed E-state index contributed by atoms with van der Waals surface area (Å²) in [5, 5.41) is 6.48. The lowest BCUT2D eigenvalue weighted by Crippen LogP contribution is -2.24. The molecular formula is C16H20FN3O2. The summed E-state index contributed by atoms with van der Waals surface area (Å²) in [6.07, 6.45) is 0.286. The third kappa shape index (κ3) is 4.14. The lowest BCUT2D eigenvalue weighted by atomic mass is 10.2. The van der Waals surface area contributed by atoms with Gasteiger partial charge in [0.25, 0.3) is 0 Å². The van der Waals surface area contributed by atoms with Crippen molar-refractivity contribution in [1.29, 1.82) is 0 Å². The van der Waals surface area contributed by atoms with Crippen molar-refractivity contribution < 1.29 is 13.7 Å². The summed E-state index contributed by atoms with van der Waals surface area (Å²) in [6, 6.07) is 6.13. The third-order valence-electron chi connectivity index (χ3n) is 3.48. The van der Waals surface area contributed by atoms with Gasteiger partial charge in [-0.05, 0) is 33.0 Å². The fourth-order valence-corrected chi connectivity index (χ4v) is 2.14. The summed E-state index contributed by atoms with van der Waals surface area (Å²) in [7, 11) is 1.92. The standard InChI is InChI=1S/C16H20FN3O2/c1-11-13(12(2)22-19-11)10-20(3)9-8-16(21)18-15-7-5-4-6-14(15)17/h4-7H,8-10H2,1-3H3,(H,18,21). The molecule has 0 fully saturated rings. The molecule has 2 aromatic rings. The molecule has 118 valence electrons. The van der Waals surface area contributed by atoms with Gasteiger partial charge in [-0.2, -0.15) is 0 Å². The molecule has 0 saturated heterocycles. The Hall–Kier alpha value is -2.21. The van der Waals surface area contributed by atoms with E-state index in [-0.39, 0.29) is 18.0 Å². The Morgan fingerprint density at radius 3 is 2.73 bits per heavy atom. The van der Waals surface area contributed by atoms with Crippen molar-refractivity contribution in [2.75, 3.05) is 18.9 Å². The van der Waals surface area contributed by atoms with E-state index in [4.69, 9.17) is 4.52 Å². The Morgan fingerprint density at radius 1 is 1.36 bits per heavy atom. The van der Waals surface area contributed by atoms with Crippen molar-refractivity contribution in [1.82, 2.24) is 10.1 Å². The highest BCUT2D eigenvalue weighted by Gasteiger charge is 2.13. The van der Waals surface area contributed by atoms with Gasteiger partial charge in [-0.1, -0.05) is 17.3 Å². The zero-order valence-electron chi connectivity index (χ0n) is 13.0. The van der Waals surface area contributed by atoms with Crippen LogP contribution in [0.4, 0.5) is 10.1 Å². The highest BCUT2D eigenvalue weighted by molar-refractivity contribution is 5.90. The first kappa shape index (κ1) is 16.2. The monoisotopic (exact) mass is 305 g/mol. The number of amides is 1. The fraction of sp³-hybridized carbons (Fsp3) is 0.375. The molecule has 0 aliphatic heterocycles. The van der Waals surface area contributed by atoms with Crippen molar-refractivity contribution in [3.05, 3.63) is 47.1 Å². The molecule has 1 aromatic heterocycles. The molecule has 0 spiro atoms. The van der Waals surface area contributed by atoms with Gasteiger partial charge in [0.15, 0.2) is 0 Å². The molecule has 0 radical (unpaired) electrons. The number of nitrogens with zero attached hydrogens (tertiary/aromatic N) is 2. The van der Waals surface area contributed by atoms with Crippen LogP contribution < -0.4 is 5.32 Å². The van der Waals surface area contributed by atoms with Gasteiger partial charge >= 0.3 is 0 Å². The van der Waals surface area contributed by atoms with Crippen LogP contribution >= 0.6 is 0 Å². The number of carbonyl (C=O) groups is 1. The van der Waals surface area contributed by atoms with E-state index in [1.165, 1.54) is 6.07 Å². The first-order valence-corrected chi connectivity index (χ1v) is 7.12. The quantitative estimate of drug-likeness (QED) is 0.891. The van der Waals surface area contributed by atoms with Crippen molar-refractivity contribution >= 4 is 11.6 Å². The van der Waals surface area contributed by atoms with E-state index in [0.29, 0.717) is 13.1 Å². The molecule has 0 saturated carbocycles. The Balaban J connectivity index is 1.82. The normalized spacial score (nSPS) is 11.0.